The summed E-state index contributed by atoms with van der Waals surface area (Å²) in [6.45, 7) is 1.51. The van der Waals surface area contributed by atoms with Crippen LogP contribution in [0.4, 0.5) is 5.82 Å². The Labute approximate surface area is 128 Å². The third kappa shape index (κ3) is 2.18. The zero-order chi connectivity index (χ0) is 14.9. The third-order valence-electron chi connectivity index (χ3n) is 4.15. The molecule has 1 aromatic heterocycles. The van der Waals surface area contributed by atoms with Crippen LogP contribution in [-0.4, -0.2) is 23.4 Å². The molecule has 0 unspecified atom stereocenters. The van der Waals surface area contributed by atoms with Gasteiger partial charge in [0.2, 0.25) is 0 Å². The molecule has 0 atom stereocenters. The molecule has 0 saturated heterocycles. The molecule has 0 amide bonds. The summed E-state index contributed by atoms with van der Waals surface area (Å²) in [5.74, 6) is 0.543. The minimum atomic E-state index is 0.543. The summed E-state index contributed by atoms with van der Waals surface area (Å²) in [6.07, 6.45) is 3.14. The van der Waals surface area contributed by atoms with Crippen molar-refractivity contribution in [3.05, 3.63) is 54.1 Å². The van der Waals surface area contributed by atoms with E-state index in [2.05, 4.69) is 46.6 Å². The predicted octanol–water partition coefficient (Wildman–Crippen LogP) is 3.62. The number of rotatable bonds is 2. The monoisotopic (exact) mass is 291 g/mol. The number of H-pyrrole nitrogens is 1. The van der Waals surface area contributed by atoms with Crippen LogP contribution in [0.1, 0.15) is 12.0 Å². The van der Waals surface area contributed by atoms with E-state index < -0.39 is 0 Å². The minimum Gasteiger partial charge on any atom is -0.382 e. The van der Waals surface area contributed by atoms with Gasteiger partial charge in [-0.3, -0.25) is 5.10 Å². The smallest absolute Gasteiger partial charge is 0.153 e. The number of hydrogen-bond donors (Lipinski definition) is 2. The van der Waals surface area contributed by atoms with Crippen molar-refractivity contribution < 1.29 is 4.74 Å². The number of nitrogens with zero attached hydrogens (tertiary/aromatic N) is 1. The highest BCUT2D eigenvalue weighted by Gasteiger charge is 2.10. The summed E-state index contributed by atoms with van der Waals surface area (Å²) < 4.78 is 5.37. The number of nitrogens with two attached hydrogens (primary N) is 1. The summed E-state index contributed by atoms with van der Waals surface area (Å²) in [4.78, 5) is 0. The number of ether oxygens (including phenoxy) is 1. The van der Waals surface area contributed by atoms with Gasteiger partial charge in [0, 0.05) is 0 Å². The molecule has 0 saturated carbocycles. The standard InChI is InChI=1S/C18H17N3O/c19-18-17-15(2-1-3-16(17)20-21-18)14-6-4-12(5-7-14)13-8-10-22-11-9-13/h1-8H,9-11H2,(H3,19,20,21). The average Bonchev–Trinajstić information content (AvgIpc) is 2.97. The lowest BCUT2D eigenvalue weighted by Crippen LogP contribution is -2.03. The van der Waals surface area contributed by atoms with Gasteiger partial charge in [0.1, 0.15) is 0 Å². The van der Waals surface area contributed by atoms with Gasteiger partial charge in [0.15, 0.2) is 5.82 Å². The fourth-order valence-corrected chi connectivity index (χ4v) is 2.99. The molecule has 3 aromatic rings. The van der Waals surface area contributed by atoms with E-state index in [0.717, 1.165) is 35.1 Å². The van der Waals surface area contributed by atoms with Gasteiger partial charge in [-0.1, -0.05) is 42.5 Å². The third-order valence-corrected chi connectivity index (χ3v) is 4.15. The Hall–Kier alpha value is -2.59. The highest BCUT2D eigenvalue weighted by molar-refractivity contribution is 6.01. The molecule has 4 rings (SSSR count). The highest BCUT2D eigenvalue weighted by atomic mass is 16.5. The van der Waals surface area contributed by atoms with Gasteiger partial charge >= 0.3 is 0 Å². The lowest BCUT2D eigenvalue weighted by Gasteiger charge is -2.14. The van der Waals surface area contributed by atoms with E-state index in [1.54, 1.807) is 0 Å². The lowest BCUT2D eigenvalue weighted by molar-refractivity contribution is 0.161. The lowest BCUT2D eigenvalue weighted by atomic mass is 9.96. The molecule has 0 radical (unpaired) electrons. The van der Waals surface area contributed by atoms with E-state index in [4.69, 9.17) is 10.5 Å². The van der Waals surface area contributed by atoms with Crippen molar-refractivity contribution in [3.63, 3.8) is 0 Å². The summed E-state index contributed by atoms with van der Waals surface area (Å²) in [5, 5.41) is 8.05. The van der Waals surface area contributed by atoms with Gasteiger partial charge in [0.25, 0.3) is 0 Å². The van der Waals surface area contributed by atoms with E-state index in [9.17, 15) is 0 Å². The maximum atomic E-state index is 6.00. The molecule has 1 aliphatic heterocycles. The van der Waals surface area contributed by atoms with Crippen LogP contribution in [0.5, 0.6) is 0 Å². The molecule has 1 aliphatic rings. The maximum absolute atomic E-state index is 6.00. The number of benzene rings is 2. The predicted molar refractivity (Wildman–Crippen MR) is 89.4 cm³/mol. The normalized spacial score (nSPS) is 15.0. The second-order valence-corrected chi connectivity index (χ2v) is 5.47. The molecular weight excluding hydrogens is 274 g/mol. The van der Waals surface area contributed by atoms with Crippen molar-refractivity contribution in [2.24, 2.45) is 0 Å². The van der Waals surface area contributed by atoms with Crippen molar-refractivity contribution in [3.8, 4) is 11.1 Å². The van der Waals surface area contributed by atoms with Crippen molar-refractivity contribution in [2.45, 2.75) is 6.42 Å². The summed E-state index contributed by atoms with van der Waals surface area (Å²) in [7, 11) is 0. The number of fused-ring (bicyclic) bond motifs is 1. The van der Waals surface area contributed by atoms with Gasteiger partial charge in [-0.05, 0) is 34.8 Å². The van der Waals surface area contributed by atoms with Crippen molar-refractivity contribution in [2.75, 3.05) is 18.9 Å². The fourth-order valence-electron chi connectivity index (χ4n) is 2.99. The van der Waals surface area contributed by atoms with E-state index in [-0.39, 0.29) is 0 Å². The van der Waals surface area contributed by atoms with Crippen LogP contribution in [0.25, 0.3) is 27.6 Å². The van der Waals surface area contributed by atoms with Crippen molar-refractivity contribution >= 4 is 22.3 Å². The zero-order valence-electron chi connectivity index (χ0n) is 12.2. The maximum Gasteiger partial charge on any atom is 0.153 e. The number of hydrogen-bond acceptors (Lipinski definition) is 3. The Morgan fingerprint density at radius 3 is 2.64 bits per heavy atom. The Balaban J connectivity index is 1.76. The molecule has 0 spiro atoms. The number of nitrogen functional groups attached to an aromatic ring is 1. The van der Waals surface area contributed by atoms with Crippen LogP contribution in [0.2, 0.25) is 0 Å². The Morgan fingerprint density at radius 1 is 1.05 bits per heavy atom. The molecule has 2 aromatic carbocycles. The second kappa shape index (κ2) is 5.31. The molecule has 4 heteroatoms. The van der Waals surface area contributed by atoms with Gasteiger partial charge in [-0.15, -0.1) is 0 Å². The molecule has 4 nitrogen and oxygen atoms in total. The topological polar surface area (TPSA) is 63.9 Å². The molecule has 2 heterocycles. The Morgan fingerprint density at radius 2 is 1.86 bits per heavy atom. The van der Waals surface area contributed by atoms with Gasteiger partial charge < -0.3 is 10.5 Å². The minimum absolute atomic E-state index is 0.543. The fraction of sp³-hybridized carbons (Fsp3) is 0.167. The summed E-state index contributed by atoms with van der Waals surface area (Å²) in [6, 6.07) is 14.7. The highest BCUT2D eigenvalue weighted by Crippen LogP contribution is 2.32. The molecule has 110 valence electrons. The van der Waals surface area contributed by atoms with E-state index in [1.165, 1.54) is 11.1 Å². The van der Waals surface area contributed by atoms with Crippen LogP contribution >= 0.6 is 0 Å². The molecule has 22 heavy (non-hydrogen) atoms. The molecule has 0 fully saturated rings. The van der Waals surface area contributed by atoms with Gasteiger partial charge in [-0.2, -0.15) is 5.10 Å². The van der Waals surface area contributed by atoms with Crippen molar-refractivity contribution in [1.82, 2.24) is 10.2 Å². The second-order valence-electron chi connectivity index (χ2n) is 5.47. The quantitative estimate of drug-likeness (QED) is 0.758. The number of aromatic nitrogens is 2. The molecule has 0 aliphatic carbocycles. The van der Waals surface area contributed by atoms with Crippen LogP contribution < -0.4 is 5.73 Å². The number of aromatic amines is 1. The average molecular weight is 291 g/mol. The van der Waals surface area contributed by atoms with E-state index in [0.29, 0.717) is 12.4 Å². The first-order valence-electron chi connectivity index (χ1n) is 7.43. The van der Waals surface area contributed by atoms with Crippen LogP contribution in [-0.2, 0) is 4.74 Å². The largest absolute Gasteiger partial charge is 0.382 e. The number of nitrogens with one attached hydrogen (secondary N) is 1. The van der Waals surface area contributed by atoms with Gasteiger partial charge in [-0.25, -0.2) is 0 Å². The molecule has 0 bridgehead atoms. The summed E-state index contributed by atoms with van der Waals surface area (Å²) in [5.41, 5.74) is 11.8. The van der Waals surface area contributed by atoms with Crippen LogP contribution in [0, 0.1) is 0 Å². The van der Waals surface area contributed by atoms with E-state index >= 15 is 0 Å². The molecular formula is C18H17N3O. The first-order valence-corrected chi connectivity index (χ1v) is 7.43. The first kappa shape index (κ1) is 13.1. The first-order chi connectivity index (χ1) is 10.8. The SMILES string of the molecule is Nc1n[nH]c2cccc(-c3ccc(C4=CCOCC4)cc3)c12. The zero-order valence-corrected chi connectivity index (χ0v) is 12.2. The van der Waals surface area contributed by atoms with Crippen LogP contribution in [0.3, 0.4) is 0 Å². The van der Waals surface area contributed by atoms with E-state index in [1.807, 2.05) is 12.1 Å². The summed E-state index contributed by atoms with van der Waals surface area (Å²) >= 11 is 0. The van der Waals surface area contributed by atoms with Crippen LogP contribution in [0.15, 0.2) is 48.5 Å². The molecule has 3 N–H and O–H groups in total. The van der Waals surface area contributed by atoms with Crippen molar-refractivity contribution in [1.29, 1.82) is 0 Å². The Kier molecular flexibility index (Phi) is 3.16. The van der Waals surface area contributed by atoms with Gasteiger partial charge in [0.05, 0.1) is 24.1 Å². The number of anilines is 1. The Bertz CT molecular complexity index is 846.